The third kappa shape index (κ3) is 1.56. The molecule has 1 aromatic heterocycles. The maximum absolute atomic E-state index is 11.6. The highest BCUT2D eigenvalue weighted by molar-refractivity contribution is 5.95. The SMILES string of the molecule is Nc1[nH]nc2c1[C@@H](c1ccccc1)CC(=O)N2. The van der Waals surface area contributed by atoms with Crippen LogP contribution in [-0.2, 0) is 4.79 Å². The van der Waals surface area contributed by atoms with E-state index in [4.69, 9.17) is 5.73 Å². The van der Waals surface area contributed by atoms with Crippen LogP contribution in [0.5, 0.6) is 0 Å². The summed E-state index contributed by atoms with van der Waals surface area (Å²) in [5.74, 6) is 1.03. The minimum atomic E-state index is -0.0298. The van der Waals surface area contributed by atoms with E-state index in [1.54, 1.807) is 0 Å². The largest absolute Gasteiger partial charge is 0.384 e. The van der Waals surface area contributed by atoms with Crippen molar-refractivity contribution in [2.45, 2.75) is 12.3 Å². The monoisotopic (exact) mass is 228 g/mol. The lowest BCUT2D eigenvalue weighted by atomic mass is 9.87. The molecule has 1 aliphatic rings. The Hall–Kier alpha value is -2.30. The van der Waals surface area contributed by atoms with E-state index in [2.05, 4.69) is 15.5 Å². The molecular formula is C12H12N4O. The minimum absolute atomic E-state index is 0.0151. The second-order valence-corrected chi connectivity index (χ2v) is 4.12. The van der Waals surface area contributed by atoms with Crippen molar-refractivity contribution in [1.29, 1.82) is 0 Å². The lowest BCUT2D eigenvalue weighted by Crippen LogP contribution is -2.23. The van der Waals surface area contributed by atoms with E-state index >= 15 is 0 Å². The fraction of sp³-hybridized carbons (Fsp3) is 0.167. The lowest BCUT2D eigenvalue weighted by Gasteiger charge is -2.22. The predicted molar refractivity (Wildman–Crippen MR) is 64.5 cm³/mol. The van der Waals surface area contributed by atoms with Crippen LogP contribution >= 0.6 is 0 Å². The third-order valence-corrected chi connectivity index (χ3v) is 3.03. The molecule has 86 valence electrons. The molecular weight excluding hydrogens is 216 g/mol. The van der Waals surface area contributed by atoms with Crippen LogP contribution < -0.4 is 11.1 Å². The summed E-state index contributed by atoms with van der Waals surface area (Å²) in [7, 11) is 0. The molecule has 5 nitrogen and oxygen atoms in total. The number of carbonyl (C=O) groups excluding carboxylic acids is 1. The molecule has 1 amide bonds. The van der Waals surface area contributed by atoms with Crippen molar-refractivity contribution in [1.82, 2.24) is 10.2 Å². The van der Waals surface area contributed by atoms with Crippen LogP contribution in [0.4, 0.5) is 11.6 Å². The summed E-state index contributed by atoms with van der Waals surface area (Å²) in [6.07, 6.45) is 0.404. The fourth-order valence-corrected chi connectivity index (χ4v) is 2.25. The number of nitrogens with one attached hydrogen (secondary N) is 2. The van der Waals surface area contributed by atoms with Gasteiger partial charge < -0.3 is 11.1 Å². The second kappa shape index (κ2) is 3.62. The van der Waals surface area contributed by atoms with Crippen LogP contribution in [0.15, 0.2) is 30.3 Å². The highest BCUT2D eigenvalue weighted by atomic mass is 16.1. The van der Waals surface area contributed by atoms with E-state index in [0.29, 0.717) is 18.1 Å². The fourth-order valence-electron chi connectivity index (χ4n) is 2.25. The van der Waals surface area contributed by atoms with E-state index in [9.17, 15) is 4.79 Å². The summed E-state index contributed by atoms with van der Waals surface area (Å²) in [5, 5.41) is 9.43. The number of nitrogen functional groups attached to an aromatic ring is 1. The van der Waals surface area contributed by atoms with Gasteiger partial charge in [-0.1, -0.05) is 30.3 Å². The molecule has 0 aliphatic carbocycles. The van der Waals surface area contributed by atoms with Crippen LogP contribution in [-0.4, -0.2) is 16.1 Å². The molecule has 0 spiro atoms. The molecule has 1 aromatic carbocycles. The first-order chi connectivity index (χ1) is 8.25. The number of anilines is 2. The first kappa shape index (κ1) is 9.89. The summed E-state index contributed by atoms with van der Waals surface area (Å²) in [5.41, 5.74) is 7.83. The van der Waals surface area contributed by atoms with Gasteiger partial charge >= 0.3 is 0 Å². The van der Waals surface area contributed by atoms with E-state index in [-0.39, 0.29) is 11.8 Å². The van der Waals surface area contributed by atoms with Crippen LogP contribution in [0.25, 0.3) is 0 Å². The van der Waals surface area contributed by atoms with Gasteiger partial charge in [-0.3, -0.25) is 9.89 Å². The third-order valence-electron chi connectivity index (χ3n) is 3.03. The van der Waals surface area contributed by atoms with Gasteiger partial charge in [0.15, 0.2) is 5.82 Å². The van der Waals surface area contributed by atoms with Gasteiger partial charge in [0.05, 0.1) is 0 Å². The highest BCUT2D eigenvalue weighted by Crippen LogP contribution is 2.38. The molecule has 3 rings (SSSR count). The van der Waals surface area contributed by atoms with Gasteiger partial charge in [-0.25, -0.2) is 0 Å². The normalized spacial score (nSPS) is 18.6. The first-order valence-corrected chi connectivity index (χ1v) is 5.44. The van der Waals surface area contributed by atoms with E-state index < -0.39 is 0 Å². The van der Waals surface area contributed by atoms with E-state index in [0.717, 1.165) is 11.1 Å². The first-order valence-electron chi connectivity index (χ1n) is 5.44. The summed E-state index contributed by atoms with van der Waals surface area (Å²) < 4.78 is 0. The number of H-pyrrole nitrogens is 1. The molecule has 0 radical (unpaired) electrons. The lowest BCUT2D eigenvalue weighted by molar-refractivity contribution is -0.116. The Kier molecular flexibility index (Phi) is 2.11. The summed E-state index contributed by atoms with van der Waals surface area (Å²) in [4.78, 5) is 11.6. The second-order valence-electron chi connectivity index (χ2n) is 4.12. The van der Waals surface area contributed by atoms with Gasteiger partial charge in [-0.2, -0.15) is 5.10 Å². The molecule has 0 saturated carbocycles. The number of benzene rings is 1. The maximum atomic E-state index is 11.6. The number of aromatic nitrogens is 2. The number of nitrogens with two attached hydrogens (primary N) is 1. The Bertz CT molecular complexity index is 561. The van der Waals surface area contributed by atoms with Crippen LogP contribution in [0.3, 0.4) is 0 Å². The zero-order valence-corrected chi connectivity index (χ0v) is 9.10. The summed E-state index contributed by atoms with van der Waals surface area (Å²) in [6.45, 7) is 0. The number of nitrogens with zero attached hydrogens (tertiary/aromatic N) is 1. The van der Waals surface area contributed by atoms with Crippen molar-refractivity contribution in [3.8, 4) is 0 Å². The molecule has 0 bridgehead atoms. The zero-order chi connectivity index (χ0) is 11.8. The quantitative estimate of drug-likeness (QED) is 0.691. The van der Waals surface area contributed by atoms with Gasteiger partial charge in [0, 0.05) is 17.9 Å². The van der Waals surface area contributed by atoms with E-state index in [1.165, 1.54) is 0 Å². The molecule has 4 N–H and O–H groups in total. The predicted octanol–water partition coefficient (Wildman–Crippen LogP) is 1.47. The average Bonchev–Trinajstić information content (AvgIpc) is 2.71. The van der Waals surface area contributed by atoms with Crippen LogP contribution in [0.2, 0.25) is 0 Å². The molecule has 2 heterocycles. The van der Waals surface area contributed by atoms with E-state index in [1.807, 2.05) is 30.3 Å². The van der Waals surface area contributed by atoms with Gasteiger partial charge in [-0.05, 0) is 5.56 Å². The Labute approximate surface area is 98.0 Å². The van der Waals surface area contributed by atoms with Crippen molar-refractivity contribution in [3.05, 3.63) is 41.5 Å². The number of aromatic amines is 1. The number of fused-ring (bicyclic) bond motifs is 1. The van der Waals surface area contributed by atoms with Crippen molar-refractivity contribution >= 4 is 17.5 Å². The minimum Gasteiger partial charge on any atom is -0.384 e. The van der Waals surface area contributed by atoms with Crippen LogP contribution in [0.1, 0.15) is 23.5 Å². The summed E-state index contributed by atoms with van der Waals surface area (Å²) in [6, 6.07) is 9.86. The Morgan fingerprint density at radius 3 is 2.82 bits per heavy atom. The number of hydrogen-bond donors (Lipinski definition) is 3. The topological polar surface area (TPSA) is 83.8 Å². The number of carbonyl (C=O) groups is 1. The molecule has 0 unspecified atom stereocenters. The molecule has 5 heteroatoms. The molecule has 0 saturated heterocycles. The smallest absolute Gasteiger partial charge is 0.226 e. The van der Waals surface area contributed by atoms with Gasteiger partial charge in [0.2, 0.25) is 5.91 Å². The average molecular weight is 228 g/mol. The number of hydrogen-bond acceptors (Lipinski definition) is 3. The van der Waals surface area contributed by atoms with Crippen molar-refractivity contribution in [3.63, 3.8) is 0 Å². The van der Waals surface area contributed by atoms with Crippen molar-refractivity contribution in [2.24, 2.45) is 0 Å². The van der Waals surface area contributed by atoms with Gasteiger partial charge in [0.1, 0.15) is 5.82 Å². The van der Waals surface area contributed by atoms with Gasteiger partial charge in [0.25, 0.3) is 0 Å². The Morgan fingerprint density at radius 2 is 2.06 bits per heavy atom. The highest BCUT2D eigenvalue weighted by Gasteiger charge is 2.30. The summed E-state index contributed by atoms with van der Waals surface area (Å²) >= 11 is 0. The Balaban J connectivity index is 2.12. The molecule has 2 aromatic rings. The van der Waals surface area contributed by atoms with Gasteiger partial charge in [-0.15, -0.1) is 0 Å². The molecule has 1 atom stereocenters. The van der Waals surface area contributed by atoms with Crippen molar-refractivity contribution < 1.29 is 4.79 Å². The maximum Gasteiger partial charge on any atom is 0.226 e. The standard InChI is InChI=1S/C12H12N4O/c13-11-10-8(7-4-2-1-3-5-7)6-9(17)14-12(10)16-15-11/h1-5,8H,6H2,(H4,13,14,15,16,17)/t8-/m1/s1. The Morgan fingerprint density at radius 1 is 1.29 bits per heavy atom. The molecule has 0 fully saturated rings. The molecule has 1 aliphatic heterocycles. The van der Waals surface area contributed by atoms with Crippen molar-refractivity contribution in [2.75, 3.05) is 11.1 Å². The zero-order valence-electron chi connectivity index (χ0n) is 9.10. The number of amides is 1. The number of rotatable bonds is 1. The molecule has 17 heavy (non-hydrogen) atoms. The van der Waals surface area contributed by atoms with Crippen LogP contribution in [0, 0.1) is 0 Å².